The van der Waals surface area contributed by atoms with Crippen molar-refractivity contribution in [2.24, 2.45) is 0 Å². The van der Waals surface area contributed by atoms with Gasteiger partial charge in [-0.1, -0.05) is 37.3 Å². The topological polar surface area (TPSA) is 66.4 Å². The zero-order chi connectivity index (χ0) is 18.7. The molecule has 1 aromatic carbocycles. The number of benzene rings is 1. The predicted octanol–water partition coefficient (Wildman–Crippen LogP) is 2.70. The molecule has 0 spiro atoms. The van der Waals surface area contributed by atoms with Crippen LogP contribution in [0.3, 0.4) is 0 Å². The van der Waals surface area contributed by atoms with E-state index in [1.165, 1.54) is 0 Å². The van der Waals surface area contributed by atoms with Crippen LogP contribution in [-0.4, -0.2) is 48.6 Å². The number of aromatic nitrogens is 2. The fraction of sp³-hybridized carbons (Fsp3) is 0.474. The highest BCUT2D eigenvalue weighted by Crippen LogP contribution is 2.30. The zero-order valence-electron chi connectivity index (χ0n) is 15.6. The van der Waals surface area contributed by atoms with Crippen LogP contribution >= 0.6 is 0 Å². The number of hydrogen-bond donors (Lipinski definition) is 0. The minimum absolute atomic E-state index is 0.116. The third-order valence-electron chi connectivity index (χ3n) is 4.71. The Bertz CT molecular complexity index is 869. The molecule has 1 aromatic heterocycles. The van der Waals surface area contributed by atoms with Gasteiger partial charge in [0.1, 0.15) is 5.82 Å². The Morgan fingerprint density at radius 3 is 2.54 bits per heavy atom. The van der Waals surface area contributed by atoms with Crippen molar-refractivity contribution in [3.05, 3.63) is 41.6 Å². The Balaban J connectivity index is 2.08. The van der Waals surface area contributed by atoms with Crippen LogP contribution in [0.1, 0.15) is 31.5 Å². The first-order valence-corrected chi connectivity index (χ1v) is 10.7. The molecule has 7 heteroatoms. The molecule has 0 radical (unpaired) electrons. The fourth-order valence-corrected chi connectivity index (χ4v) is 4.33. The maximum atomic E-state index is 12.3. The van der Waals surface area contributed by atoms with E-state index < -0.39 is 10.0 Å². The van der Waals surface area contributed by atoms with Crippen molar-refractivity contribution in [3.8, 4) is 11.4 Å². The van der Waals surface area contributed by atoms with Gasteiger partial charge in [-0.25, -0.2) is 18.4 Å². The van der Waals surface area contributed by atoms with Gasteiger partial charge in [0.15, 0.2) is 5.82 Å². The summed E-state index contributed by atoms with van der Waals surface area (Å²) in [5.41, 5.74) is 2.87. The summed E-state index contributed by atoms with van der Waals surface area (Å²) in [5, 5.41) is 0. The second kappa shape index (κ2) is 7.72. The molecule has 0 aliphatic carbocycles. The van der Waals surface area contributed by atoms with E-state index in [4.69, 9.17) is 9.97 Å². The first-order valence-electron chi connectivity index (χ1n) is 9.10. The van der Waals surface area contributed by atoms with Gasteiger partial charge in [-0.2, -0.15) is 4.31 Å². The summed E-state index contributed by atoms with van der Waals surface area (Å²) < 4.78 is 26.2. The van der Waals surface area contributed by atoms with Gasteiger partial charge in [-0.05, 0) is 13.3 Å². The van der Waals surface area contributed by atoms with Gasteiger partial charge in [0.2, 0.25) is 10.0 Å². The lowest BCUT2D eigenvalue weighted by Crippen LogP contribution is -2.38. The van der Waals surface area contributed by atoms with Crippen LogP contribution < -0.4 is 4.90 Å². The summed E-state index contributed by atoms with van der Waals surface area (Å²) in [6.45, 7) is 5.49. The highest BCUT2D eigenvalue weighted by molar-refractivity contribution is 7.89. The Labute approximate surface area is 155 Å². The maximum absolute atomic E-state index is 12.3. The van der Waals surface area contributed by atoms with Gasteiger partial charge < -0.3 is 4.90 Å². The molecule has 0 unspecified atom stereocenters. The molecule has 0 atom stereocenters. The van der Waals surface area contributed by atoms with Crippen molar-refractivity contribution in [1.29, 1.82) is 0 Å². The van der Waals surface area contributed by atoms with Crippen LogP contribution in [0.25, 0.3) is 11.4 Å². The van der Waals surface area contributed by atoms with Crippen molar-refractivity contribution in [2.45, 2.75) is 33.2 Å². The molecule has 0 N–H and O–H groups in total. The molecule has 0 amide bonds. The average Bonchev–Trinajstić information content (AvgIpc) is 2.67. The molecule has 2 aromatic rings. The van der Waals surface area contributed by atoms with Gasteiger partial charge in [0.25, 0.3) is 0 Å². The number of anilines is 1. The van der Waals surface area contributed by atoms with Crippen LogP contribution in [0.2, 0.25) is 0 Å². The largest absolute Gasteiger partial charge is 0.359 e. The van der Waals surface area contributed by atoms with Crippen LogP contribution in [0.5, 0.6) is 0 Å². The summed E-state index contributed by atoms with van der Waals surface area (Å²) >= 11 is 0. The highest BCUT2D eigenvalue weighted by Gasteiger charge is 2.29. The lowest BCUT2D eigenvalue weighted by Gasteiger charge is -2.31. The van der Waals surface area contributed by atoms with E-state index in [-0.39, 0.29) is 5.75 Å². The molecule has 6 nitrogen and oxygen atoms in total. The average molecular weight is 375 g/mol. The number of nitrogens with zero attached hydrogens (tertiary/aromatic N) is 4. The molecule has 2 heterocycles. The fourth-order valence-electron chi connectivity index (χ4n) is 3.27. The molecule has 0 saturated heterocycles. The number of rotatable bonds is 6. The second-order valence-electron chi connectivity index (χ2n) is 6.57. The molecule has 3 rings (SSSR count). The van der Waals surface area contributed by atoms with E-state index >= 15 is 0 Å². The SMILES string of the molecule is CCCN(C)c1nc(-c2ccccc2)nc2c1CN(S(=O)(=O)CC)CC2. The Morgan fingerprint density at radius 1 is 1.15 bits per heavy atom. The van der Waals surface area contributed by atoms with Gasteiger partial charge >= 0.3 is 0 Å². The summed E-state index contributed by atoms with van der Waals surface area (Å²) in [6, 6.07) is 9.93. The van der Waals surface area contributed by atoms with Crippen LogP contribution in [0, 0.1) is 0 Å². The molecular weight excluding hydrogens is 348 g/mol. The van der Waals surface area contributed by atoms with E-state index in [0.717, 1.165) is 35.6 Å². The molecule has 0 fully saturated rings. The molecule has 0 bridgehead atoms. The lowest BCUT2D eigenvalue weighted by molar-refractivity contribution is 0.388. The normalized spacial score (nSPS) is 14.9. The summed E-state index contributed by atoms with van der Waals surface area (Å²) in [5.74, 6) is 1.66. The summed E-state index contributed by atoms with van der Waals surface area (Å²) in [7, 11) is -1.21. The molecular formula is C19H26N4O2S. The van der Waals surface area contributed by atoms with E-state index in [0.29, 0.717) is 25.3 Å². The Kier molecular flexibility index (Phi) is 5.58. The van der Waals surface area contributed by atoms with Gasteiger partial charge in [0, 0.05) is 44.2 Å². The van der Waals surface area contributed by atoms with Crippen LogP contribution in [-0.2, 0) is 23.0 Å². The maximum Gasteiger partial charge on any atom is 0.214 e. The van der Waals surface area contributed by atoms with Crippen molar-refractivity contribution in [3.63, 3.8) is 0 Å². The van der Waals surface area contributed by atoms with E-state index in [1.807, 2.05) is 37.4 Å². The first kappa shape index (κ1) is 18.8. The summed E-state index contributed by atoms with van der Waals surface area (Å²) in [6.07, 6.45) is 1.61. The monoisotopic (exact) mass is 374 g/mol. The quantitative estimate of drug-likeness (QED) is 0.778. The van der Waals surface area contributed by atoms with E-state index in [9.17, 15) is 8.42 Å². The van der Waals surface area contributed by atoms with Crippen molar-refractivity contribution >= 4 is 15.8 Å². The number of fused-ring (bicyclic) bond motifs is 1. The number of hydrogen-bond acceptors (Lipinski definition) is 5. The van der Waals surface area contributed by atoms with Crippen molar-refractivity contribution in [1.82, 2.24) is 14.3 Å². The third kappa shape index (κ3) is 3.73. The smallest absolute Gasteiger partial charge is 0.214 e. The van der Waals surface area contributed by atoms with Crippen molar-refractivity contribution in [2.75, 3.05) is 30.8 Å². The molecule has 1 aliphatic rings. The minimum atomic E-state index is -3.22. The Hall–Kier alpha value is -1.99. The molecule has 1 aliphatic heterocycles. The highest BCUT2D eigenvalue weighted by atomic mass is 32.2. The third-order valence-corrected chi connectivity index (χ3v) is 6.54. The standard InChI is InChI=1S/C19H26N4O2S/c1-4-12-22(3)19-16-14-23(26(24,25)5-2)13-11-17(16)20-18(21-19)15-9-7-6-8-10-15/h6-10H,4-5,11-14H2,1-3H3. The Morgan fingerprint density at radius 2 is 1.88 bits per heavy atom. The van der Waals surface area contributed by atoms with Crippen LogP contribution in [0.4, 0.5) is 5.82 Å². The van der Waals surface area contributed by atoms with Gasteiger partial charge in [-0.15, -0.1) is 0 Å². The van der Waals surface area contributed by atoms with Gasteiger partial charge in [-0.3, -0.25) is 0 Å². The van der Waals surface area contributed by atoms with Crippen LogP contribution in [0.15, 0.2) is 30.3 Å². The van der Waals surface area contributed by atoms with E-state index in [1.54, 1.807) is 11.2 Å². The molecule has 0 saturated carbocycles. The minimum Gasteiger partial charge on any atom is -0.359 e. The van der Waals surface area contributed by atoms with E-state index in [2.05, 4.69) is 11.8 Å². The predicted molar refractivity (Wildman–Crippen MR) is 105 cm³/mol. The lowest BCUT2D eigenvalue weighted by atomic mass is 10.1. The molecule has 140 valence electrons. The van der Waals surface area contributed by atoms with Crippen molar-refractivity contribution < 1.29 is 8.42 Å². The van der Waals surface area contributed by atoms with Gasteiger partial charge in [0.05, 0.1) is 11.4 Å². The second-order valence-corrected chi connectivity index (χ2v) is 8.83. The zero-order valence-corrected chi connectivity index (χ0v) is 16.5. The number of sulfonamides is 1. The first-order chi connectivity index (χ1) is 12.5. The summed E-state index contributed by atoms with van der Waals surface area (Å²) in [4.78, 5) is 11.7. The molecule has 26 heavy (non-hydrogen) atoms.